The smallest absolute Gasteiger partial charge is 0.320 e. The minimum atomic E-state index is -0.900. The molecule has 2 amide bonds. The summed E-state index contributed by atoms with van der Waals surface area (Å²) in [5, 5.41) is 8.28. The highest BCUT2D eigenvalue weighted by Crippen LogP contribution is 2.37. The lowest BCUT2D eigenvalue weighted by Crippen LogP contribution is -2.32. The van der Waals surface area contributed by atoms with Gasteiger partial charge in [-0.3, -0.25) is 14.4 Å². The van der Waals surface area contributed by atoms with E-state index in [1.54, 1.807) is 37.3 Å². The third kappa shape index (κ3) is 6.71. The number of ether oxygens (including phenoxy) is 2. The normalized spacial score (nSPS) is 13.9. The molecule has 1 heterocycles. The first-order valence-corrected chi connectivity index (χ1v) is 11.1. The molecular weight excluding hydrogens is 438 g/mol. The Bertz CT molecular complexity index is 1010. The van der Waals surface area contributed by atoms with Gasteiger partial charge >= 0.3 is 5.97 Å². The number of nitrogens with zero attached hydrogens (tertiary/aromatic N) is 1. The molecule has 2 aromatic rings. The maximum absolute atomic E-state index is 12.8. The number of primary amides is 1. The number of amides is 2. The molecule has 9 heteroatoms. The molecule has 1 aliphatic rings. The van der Waals surface area contributed by atoms with Crippen molar-refractivity contribution in [3.8, 4) is 11.5 Å². The fourth-order valence-electron chi connectivity index (χ4n) is 3.73. The van der Waals surface area contributed by atoms with Crippen molar-refractivity contribution in [3.63, 3.8) is 0 Å². The summed E-state index contributed by atoms with van der Waals surface area (Å²) >= 11 is 0. The first-order chi connectivity index (χ1) is 16.2. The van der Waals surface area contributed by atoms with Gasteiger partial charge in [-0.25, -0.2) is 0 Å². The standard InChI is InChI=1S/C19H20N2O4.C6H13NO2/c1-24-16-8-7-12(9-17(16)25-2)15(10-18(20)22)21-11-13-5-3-4-6-14(13)19(21)23;1-2-3-4-5(7)6(8)9/h3-9,15H,10-11H2,1-2H3,(H2,20,22);5H,2-4,7H2,1H3,(H,8,9). The number of fused-ring (bicyclic) bond motifs is 1. The Balaban J connectivity index is 0.000000387. The maximum atomic E-state index is 12.8. The highest BCUT2D eigenvalue weighted by atomic mass is 16.5. The first-order valence-electron chi connectivity index (χ1n) is 11.1. The van der Waals surface area contributed by atoms with Crippen LogP contribution in [0.2, 0.25) is 0 Å². The van der Waals surface area contributed by atoms with E-state index >= 15 is 0 Å². The zero-order valence-electron chi connectivity index (χ0n) is 19.8. The van der Waals surface area contributed by atoms with Crippen LogP contribution >= 0.6 is 0 Å². The molecule has 2 atom stereocenters. The van der Waals surface area contributed by atoms with Gasteiger partial charge in [0.25, 0.3) is 5.91 Å². The van der Waals surface area contributed by atoms with E-state index < -0.39 is 24.0 Å². The Morgan fingerprint density at radius 3 is 2.35 bits per heavy atom. The molecule has 1 aliphatic heterocycles. The number of rotatable bonds is 10. The van der Waals surface area contributed by atoms with Crippen LogP contribution in [0.15, 0.2) is 42.5 Å². The molecule has 0 aromatic heterocycles. The molecule has 2 aromatic carbocycles. The molecule has 0 fully saturated rings. The Morgan fingerprint density at radius 1 is 1.12 bits per heavy atom. The SMILES string of the molecule is CCCCC(N)C(=O)O.COc1ccc(C(CC(N)=O)N2Cc3ccccc3C2=O)cc1OC. The van der Waals surface area contributed by atoms with Crippen molar-refractivity contribution < 1.29 is 29.0 Å². The number of aliphatic carboxylic acids is 1. The maximum Gasteiger partial charge on any atom is 0.320 e. The number of methoxy groups -OCH3 is 2. The van der Waals surface area contributed by atoms with Gasteiger partial charge in [0.05, 0.1) is 26.7 Å². The summed E-state index contributed by atoms with van der Waals surface area (Å²) in [5.41, 5.74) is 13.0. The fourth-order valence-corrected chi connectivity index (χ4v) is 3.73. The Labute approximate surface area is 199 Å². The van der Waals surface area contributed by atoms with E-state index in [9.17, 15) is 14.4 Å². The predicted octanol–water partition coefficient (Wildman–Crippen LogP) is 2.86. The number of carbonyl (C=O) groups excluding carboxylic acids is 2. The molecule has 5 N–H and O–H groups in total. The largest absolute Gasteiger partial charge is 0.493 e. The van der Waals surface area contributed by atoms with E-state index in [1.807, 2.05) is 31.2 Å². The van der Waals surface area contributed by atoms with Crippen LogP contribution in [0.5, 0.6) is 11.5 Å². The summed E-state index contributed by atoms with van der Waals surface area (Å²) in [7, 11) is 3.10. The summed E-state index contributed by atoms with van der Waals surface area (Å²) in [5.74, 6) is -0.345. The number of nitrogens with two attached hydrogens (primary N) is 2. The zero-order chi connectivity index (χ0) is 25.3. The van der Waals surface area contributed by atoms with Gasteiger partial charge < -0.3 is 30.9 Å². The summed E-state index contributed by atoms with van der Waals surface area (Å²) in [6.07, 6.45) is 2.52. The van der Waals surface area contributed by atoms with E-state index in [0.717, 1.165) is 24.0 Å². The number of unbranched alkanes of at least 4 members (excludes halogenated alkanes) is 1. The lowest BCUT2D eigenvalue weighted by molar-refractivity contribution is -0.138. The van der Waals surface area contributed by atoms with Crippen LogP contribution in [0.4, 0.5) is 0 Å². The molecule has 0 spiro atoms. The van der Waals surface area contributed by atoms with Crippen LogP contribution in [0, 0.1) is 0 Å². The third-order valence-electron chi connectivity index (χ3n) is 5.60. The van der Waals surface area contributed by atoms with Crippen LogP contribution in [0.25, 0.3) is 0 Å². The van der Waals surface area contributed by atoms with Gasteiger partial charge in [0.2, 0.25) is 5.91 Å². The highest BCUT2D eigenvalue weighted by Gasteiger charge is 2.34. The molecule has 34 heavy (non-hydrogen) atoms. The Kier molecular flexibility index (Phi) is 9.88. The Morgan fingerprint density at radius 2 is 1.79 bits per heavy atom. The molecule has 0 bridgehead atoms. The monoisotopic (exact) mass is 471 g/mol. The van der Waals surface area contributed by atoms with E-state index in [4.69, 9.17) is 26.0 Å². The summed E-state index contributed by atoms with van der Waals surface area (Å²) in [6.45, 7) is 2.45. The number of hydrogen-bond acceptors (Lipinski definition) is 6. The number of carboxylic acid groups (broad SMARTS) is 1. The van der Waals surface area contributed by atoms with E-state index in [2.05, 4.69) is 0 Å². The van der Waals surface area contributed by atoms with Crippen molar-refractivity contribution in [1.29, 1.82) is 0 Å². The minimum Gasteiger partial charge on any atom is -0.493 e. The molecule has 0 saturated heterocycles. The van der Waals surface area contributed by atoms with Crippen LogP contribution in [-0.4, -0.2) is 48.1 Å². The summed E-state index contributed by atoms with van der Waals surface area (Å²) in [6, 6.07) is 11.7. The molecule has 3 rings (SSSR count). The van der Waals surface area contributed by atoms with Crippen LogP contribution in [0.3, 0.4) is 0 Å². The molecule has 2 unspecified atom stereocenters. The summed E-state index contributed by atoms with van der Waals surface area (Å²) in [4.78, 5) is 36.2. The van der Waals surface area contributed by atoms with Gasteiger partial charge in [-0.05, 0) is 35.7 Å². The van der Waals surface area contributed by atoms with Gasteiger partial charge in [-0.2, -0.15) is 0 Å². The molecular formula is C25H33N3O6. The van der Waals surface area contributed by atoms with Crippen molar-refractivity contribution >= 4 is 17.8 Å². The number of carbonyl (C=O) groups is 3. The minimum absolute atomic E-state index is 0.0369. The van der Waals surface area contributed by atoms with Crippen LogP contribution in [0.1, 0.15) is 60.1 Å². The van der Waals surface area contributed by atoms with Gasteiger partial charge in [-0.1, -0.05) is 44.0 Å². The van der Waals surface area contributed by atoms with Crippen LogP contribution in [-0.2, 0) is 16.1 Å². The lowest BCUT2D eigenvalue weighted by atomic mass is 10.0. The van der Waals surface area contributed by atoms with Crippen LogP contribution < -0.4 is 20.9 Å². The topological polar surface area (TPSA) is 145 Å². The van der Waals surface area contributed by atoms with Crippen molar-refractivity contribution in [3.05, 3.63) is 59.2 Å². The van der Waals surface area contributed by atoms with Crippen molar-refractivity contribution in [2.75, 3.05) is 14.2 Å². The summed E-state index contributed by atoms with van der Waals surface area (Å²) < 4.78 is 10.6. The molecule has 9 nitrogen and oxygen atoms in total. The Hall–Kier alpha value is -3.59. The van der Waals surface area contributed by atoms with Gasteiger partial charge in [0, 0.05) is 12.1 Å². The van der Waals surface area contributed by atoms with Gasteiger partial charge in [0.1, 0.15) is 6.04 Å². The molecule has 184 valence electrons. The lowest BCUT2D eigenvalue weighted by Gasteiger charge is -2.28. The second kappa shape index (κ2) is 12.6. The average Bonchev–Trinajstić information content (AvgIpc) is 3.17. The number of carboxylic acids is 1. The quantitative estimate of drug-likeness (QED) is 0.483. The first kappa shape index (κ1) is 26.7. The number of hydrogen-bond donors (Lipinski definition) is 3. The molecule has 0 aliphatic carbocycles. The number of benzene rings is 2. The fraction of sp³-hybridized carbons (Fsp3) is 0.400. The highest BCUT2D eigenvalue weighted by molar-refractivity contribution is 5.98. The van der Waals surface area contributed by atoms with Crippen molar-refractivity contribution in [2.24, 2.45) is 11.5 Å². The molecule has 0 saturated carbocycles. The zero-order valence-corrected chi connectivity index (χ0v) is 19.8. The second-order valence-electron chi connectivity index (χ2n) is 7.98. The van der Waals surface area contributed by atoms with E-state index in [0.29, 0.717) is 30.0 Å². The predicted molar refractivity (Wildman–Crippen MR) is 128 cm³/mol. The van der Waals surface area contributed by atoms with Gasteiger partial charge in [-0.15, -0.1) is 0 Å². The van der Waals surface area contributed by atoms with Gasteiger partial charge in [0.15, 0.2) is 11.5 Å². The second-order valence-corrected chi connectivity index (χ2v) is 7.98. The van der Waals surface area contributed by atoms with E-state index in [-0.39, 0.29) is 12.3 Å². The van der Waals surface area contributed by atoms with Crippen molar-refractivity contribution in [2.45, 2.75) is 51.2 Å². The third-order valence-corrected chi connectivity index (χ3v) is 5.60. The average molecular weight is 472 g/mol. The molecule has 0 radical (unpaired) electrons. The van der Waals surface area contributed by atoms with E-state index in [1.165, 1.54) is 0 Å². The van der Waals surface area contributed by atoms with Crippen molar-refractivity contribution in [1.82, 2.24) is 4.90 Å².